The normalized spacial score (nSPS) is 21.8. The Morgan fingerprint density at radius 1 is 0.771 bits per heavy atom. The highest BCUT2D eigenvalue weighted by Crippen LogP contribution is 2.23. The van der Waals surface area contributed by atoms with E-state index in [9.17, 15) is 9.59 Å². The van der Waals surface area contributed by atoms with Crippen molar-refractivity contribution < 1.29 is 48.2 Å². The zero-order valence-electron chi connectivity index (χ0n) is 20.2. The van der Waals surface area contributed by atoms with Gasteiger partial charge in [-0.2, -0.15) is 0 Å². The lowest BCUT2D eigenvalue weighted by Gasteiger charge is -2.34. The van der Waals surface area contributed by atoms with E-state index in [0.29, 0.717) is 59.3 Å². The number of terminal acetylenes is 1. The lowest BCUT2D eigenvalue weighted by Crippen LogP contribution is -2.47. The fourth-order valence-electron chi connectivity index (χ4n) is 3.72. The molecule has 35 heavy (non-hydrogen) atoms. The third-order valence-corrected chi connectivity index (χ3v) is 5.59. The predicted molar refractivity (Wildman–Crippen MR) is 123 cm³/mol. The minimum absolute atomic E-state index is 0.300. The van der Waals surface area contributed by atoms with Gasteiger partial charge in [-0.15, -0.1) is 6.42 Å². The number of nitrogens with zero attached hydrogens (tertiary/aromatic N) is 2. The van der Waals surface area contributed by atoms with Crippen molar-refractivity contribution >= 4 is 11.9 Å². The first kappa shape index (κ1) is 29.4. The molecule has 2 saturated heterocycles. The number of carbonyl (C=O) groups is 2. The molecular weight excluding hydrogens is 464 g/mol. The molecule has 2 aliphatic heterocycles. The Bertz CT molecular complexity index is 629. The molecule has 0 unspecified atom stereocenters. The van der Waals surface area contributed by atoms with Crippen molar-refractivity contribution in [3.8, 4) is 12.3 Å². The van der Waals surface area contributed by atoms with Crippen molar-refractivity contribution in [2.24, 2.45) is 0 Å². The minimum Gasteiger partial charge on any atom is -0.479 e. The van der Waals surface area contributed by atoms with E-state index < -0.39 is 30.4 Å². The van der Waals surface area contributed by atoms with Gasteiger partial charge in [-0.3, -0.25) is 4.90 Å². The number of rotatable bonds is 19. The Labute approximate surface area is 206 Å². The van der Waals surface area contributed by atoms with Crippen LogP contribution in [0, 0.1) is 12.3 Å². The second-order valence-electron chi connectivity index (χ2n) is 8.14. The zero-order chi connectivity index (χ0) is 25.3. The molecule has 200 valence electrons. The van der Waals surface area contributed by atoms with E-state index in [1.165, 1.54) is 0 Å². The van der Waals surface area contributed by atoms with Gasteiger partial charge >= 0.3 is 11.9 Å². The van der Waals surface area contributed by atoms with Gasteiger partial charge in [0.15, 0.2) is 18.5 Å². The molecule has 0 radical (unpaired) electrons. The first-order valence-electron chi connectivity index (χ1n) is 12.0. The van der Waals surface area contributed by atoms with E-state index in [1.54, 1.807) is 0 Å². The predicted octanol–water partition coefficient (Wildman–Crippen LogP) is -0.637. The molecule has 0 bridgehead atoms. The second-order valence-corrected chi connectivity index (χ2v) is 8.14. The summed E-state index contributed by atoms with van der Waals surface area (Å²) in [5.74, 6) is -0.253. The van der Waals surface area contributed by atoms with Crippen molar-refractivity contribution in [3.05, 3.63) is 0 Å². The Morgan fingerprint density at radius 3 is 1.71 bits per heavy atom. The average molecular weight is 503 g/mol. The molecule has 0 aliphatic carbocycles. The van der Waals surface area contributed by atoms with Crippen LogP contribution < -0.4 is 0 Å². The number of ether oxygens (including phenoxy) is 6. The minimum atomic E-state index is -1.46. The summed E-state index contributed by atoms with van der Waals surface area (Å²) in [4.78, 5) is 26.9. The van der Waals surface area contributed by atoms with Crippen molar-refractivity contribution in [1.29, 1.82) is 0 Å². The van der Waals surface area contributed by atoms with Gasteiger partial charge in [0.2, 0.25) is 0 Å². The van der Waals surface area contributed by atoms with Gasteiger partial charge < -0.3 is 43.5 Å². The van der Waals surface area contributed by atoms with E-state index in [4.69, 9.17) is 45.1 Å². The maximum atomic E-state index is 11.1. The lowest BCUT2D eigenvalue weighted by atomic mass is 10.2. The van der Waals surface area contributed by atoms with E-state index in [-0.39, 0.29) is 0 Å². The molecule has 2 fully saturated rings. The van der Waals surface area contributed by atoms with Gasteiger partial charge in [-0.25, -0.2) is 9.59 Å². The summed E-state index contributed by atoms with van der Waals surface area (Å²) in [7, 11) is 0. The summed E-state index contributed by atoms with van der Waals surface area (Å²) in [5.41, 5.74) is 0. The van der Waals surface area contributed by atoms with E-state index >= 15 is 0 Å². The molecule has 0 aromatic heterocycles. The maximum Gasteiger partial charge on any atom is 0.336 e. The number of hydrogen-bond acceptors (Lipinski definition) is 10. The third-order valence-electron chi connectivity index (χ3n) is 5.59. The molecule has 0 aromatic rings. The maximum absolute atomic E-state index is 11.1. The zero-order valence-corrected chi connectivity index (χ0v) is 20.2. The van der Waals surface area contributed by atoms with Crippen LogP contribution in [0.15, 0.2) is 0 Å². The van der Waals surface area contributed by atoms with Crippen molar-refractivity contribution in [3.63, 3.8) is 0 Å². The standard InChI is InChI=1S/C23H38N2O10/c1-2-11-30-13-15-32-17-18-33-16-14-31-12-10-25-8-6-24(7-9-25)5-3-4-19-34-20(22(26)27)21(35-19)23(28)29/h1,19-21H,3-18H2,(H,26,27)(H,28,29)/t20-,21-/m1/s1. The quantitative estimate of drug-likeness (QED) is 0.172. The molecule has 0 amide bonds. The molecule has 0 spiro atoms. The van der Waals surface area contributed by atoms with Crippen molar-refractivity contribution in [1.82, 2.24) is 9.80 Å². The topological polar surface area (TPSA) is 136 Å². The Hall–Kier alpha value is -1.82. The monoisotopic (exact) mass is 502 g/mol. The summed E-state index contributed by atoms with van der Waals surface area (Å²) < 4.78 is 32.0. The van der Waals surface area contributed by atoms with Gasteiger partial charge in [-0.1, -0.05) is 5.92 Å². The molecular formula is C23H38N2O10. The van der Waals surface area contributed by atoms with E-state index in [2.05, 4.69) is 15.7 Å². The molecule has 0 aromatic carbocycles. The highest BCUT2D eigenvalue weighted by atomic mass is 16.7. The Kier molecular flexibility index (Phi) is 14.8. The van der Waals surface area contributed by atoms with Gasteiger partial charge in [0.25, 0.3) is 0 Å². The van der Waals surface area contributed by atoms with Gasteiger partial charge in [0.05, 0.1) is 46.2 Å². The highest BCUT2D eigenvalue weighted by molar-refractivity contribution is 5.84. The molecule has 2 N–H and O–H groups in total. The number of aliphatic carboxylic acids is 2. The molecule has 2 aliphatic rings. The smallest absolute Gasteiger partial charge is 0.336 e. The van der Waals surface area contributed by atoms with Crippen LogP contribution in [0.1, 0.15) is 12.8 Å². The average Bonchev–Trinajstić information content (AvgIpc) is 3.28. The van der Waals surface area contributed by atoms with Gasteiger partial charge in [-0.05, 0) is 19.4 Å². The molecule has 2 heterocycles. The first-order valence-corrected chi connectivity index (χ1v) is 12.0. The third kappa shape index (κ3) is 12.1. The number of carboxylic acid groups (broad SMARTS) is 2. The molecule has 2 atom stereocenters. The fraction of sp³-hybridized carbons (Fsp3) is 0.826. The Morgan fingerprint density at radius 2 is 1.23 bits per heavy atom. The summed E-state index contributed by atoms with van der Waals surface area (Å²) in [6.07, 6.45) is 2.55. The second kappa shape index (κ2) is 17.6. The van der Waals surface area contributed by atoms with E-state index in [1.807, 2.05) is 0 Å². The molecule has 2 rings (SSSR count). The summed E-state index contributed by atoms with van der Waals surface area (Å²) >= 11 is 0. The van der Waals surface area contributed by atoms with Crippen molar-refractivity contribution in [2.75, 3.05) is 92.1 Å². The largest absolute Gasteiger partial charge is 0.479 e. The van der Waals surface area contributed by atoms with Crippen LogP contribution >= 0.6 is 0 Å². The van der Waals surface area contributed by atoms with Crippen LogP contribution in [-0.4, -0.2) is 143 Å². The number of hydrogen-bond donors (Lipinski definition) is 2. The van der Waals surface area contributed by atoms with Crippen LogP contribution in [-0.2, 0) is 38.0 Å². The molecule has 12 heteroatoms. The Balaban J connectivity index is 1.40. The van der Waals surface area contributed by atoms with Gasteiger partial charge in [0, 0.05) is 32.7 Å². The highest BCUT2D eigenvalue weighted by Gasteiger charge is 2.45. The molecule has 0 saturated carbocycles. The van der Waals surface area contributed by atoms with Gasteiger partial charge in [0.1, 0.15) is 6.61 Å². The lowest BCUT2D eigenvalue weighted by molar-refractivity contribution is -0.156. The van der Waals surface area contributed by atoms with E-state index in [0.717, 1.165) is 45.7 Å². The first-order chi connectivity index (χ1) is 17.0. The van der Waals surface area contributed by atoms with Crippen LogP contribution in [0.4, 0.5) is 0 Å². The SMILES string of the molecule is C#CCOCCOCCOCCOCCN1CCN(CCCC2O[C@@H](C(=O)O)[C@H](C(=O)O)O2)CC1. The summed E-state index contributed by atoms with van der Waals surface area (Å²) in [6.45, 7) is 9.46. The van der Waals surface area contributed by atoms with Crippen LogP contribution in [0.2, 0.25) is 0 Å². The number of carboxylic acids is 2. The van der Waals surface area contributed by atoms with Crippen LogP contribution in [0.25, 0.3) is 0 Å². The molecule has 12 nitrogen and oxygen atoms in total. The van der Waals surface area contributed by atoms with Crippen LogP contribution in [0.3, 0.4) is 0 Å². The van der Waals surface area contributed by atoms with Crippen LogP contribution in [0.5, 0.6) is 0 Å². The fourth-order valence-corrected chi connectivity index (χ4v) is 3.72. The number of piperazine rings is 1. The summed E-state index contributed by atoms with van der Waals surface area (Å²) in [5, 5.41) is 18.1. The summed E-state index contributed by atoms with van der Waals surface area (Å²) in [6, 6.07) is 0. The van der Waals surface area contributed by atoms with Crippen molar-refractivity contribution in [2.45, 2.75) is 31.3 Å².